The molecule has 0 N–H and O–H groups in total. The van der Waals surface area contributed by atoms with E-state index in [2.05, 4.69) is 0 Å². The Morgan fingerprint density at radius 1 is 0.949 bits per heavy atom. The minimum atomic E-state index is -1.66. The lowest BCUT2D eigenvalue weighted by molar-refractivity contribution is 0.0652. The SMILES string of the molecule is COc1cccc(C(=O)[C@H]2[C@H](c3ccco3)C3(C(=O)c4ccccc4C3=O)[C@@H]3C=Cc4cc(F)ccc4N32)c1. The van der Waals surface area contributed by atoms with Gasteiger partial charge in [0.25, 0.3) is 0 Å². The smallest absolute Gasteiger partial charge is 0.186 e. The molecule has 4 aromatic rings. The minimum absolute atomic E-state index is 0.306. The van der Waals surface area contributed by atoms with Crippen LogP contribution in [0.15, 0.2) is 95.6 Å². The van der Waals surface area contributed by atoms with Crippen LogP contribution in [-0.2, 0) is 0 Å². The third kappa shape index (κ3) is 3.04. The molecule has 1 saturated heterocycles. The number of fused-ring (bicyclic) bond motifs is 5. The fraction of sp³-hybridized carbons (Fsp3) is 0.156. The van der Waals surface area contributed by atoms with E-state index in [1.165, 1.54) is 25.5 Å². The van der Waals surface area contributed by atoms with Gasteiger partial charge in [0, 0.05) is 27.9 Å². The van der Waals surface area contributed by atoms with Gasteiger partial charge in [0.2, 0.25) is 0 Å². The van der Waals surface area contributed by atoms with Crippen molar-refractivity contribution in [1.29, 1.82) is 0 Å². The van der Waals surface area contributed by atoms with E-state index in [9.17, 15) is 18.8 Å². The molecule has 6 nitrogen and oxygen atoms in total. The third-order valence-electron chi connectivity index (χ3n) is 8.24. The number of Topliss-reactive ketones (excluding diaryl/α,β-unsaturated/α-hetero) is 3. The molecule has 1 aromatic heterocycles. The first-order valence-corrected chi connectivity index (χ1v) is 12.6. The van der Waals surface area contributed by atoms with Gasteiger partial charge in [-0.25, -0.2) is 4.39 Å². The quantitative estimate of drug-likeness (QED) is 0.253. The first-order chi connectivity index (χ1) is 19.0. The van der Waals surface area contributed by atoms with Crippen LogP contribution in [0.1, 0.15) is 48.3 Å². The van der Waals surface area contributed by atoms with Crippen molar-refractivity contribution in [3.8, 4) is 5.75 Å². The van der Waals surface area contributed by atoms with E-state index in [0.717, 1.165) is 0 Å². The molecule has 0 radical (unpaired) electrons. The highest BCUT2D eigenvalue weighted by atomic mass is 19.1. The molecule has 0 amide bonds. The van der Waals surface area contributed by atoms with E-state index in [1.54, 1.807) is 78.9 Å². The average molecular weight is 520 g/mol. The Hall–Kier alpha value is -4.78. The molecule has 3 atom stereocenters. The van der Waals surface area contributed by atoms with Gasteiger partial charge in [0.05, 0.1) is 25.3 Å². The summed E-state index contributed by atoms with van der Waals surface area (Å²) in [7, 11) is 1.52. The van der Waals surface area contributed by atoms with Crippen molar-refractivity contribution in [3.05, 3.63) is 125 Å². The van der Waals surface area contributed by atoms with E-state index < -0.39 is 29.2 Å². The zero-order valence-corrected chi connectivity index (χ0v) is 20.8. The number of halogens is 1. The highest BCUT2D eigenvalue weighted by Crippen LogP contribution is 2.61. The van der Waals surface area contributed by atoms with Crippen molar-refractivity contribution >= 4 is 29.1 Å². The lowest BCUT2D eigenvalue weighted by Gasteiger charge is -2.37. The van der Waals surface area contributed by atoms with E-state index in [4.69, 9.17) is 9.15 Å². The van der Waals surface area contributed by atoms with Crippen LogP contribution >= 0.6 is 0 Å². The van der Waals surface area contributed by atoms with Gasteiger partial charge in [0.15, 0.2) is 17.3 Å². The van der Waals surface area contributed by atoms with Crippen molar-refractivity contribution in [2.75, 3.05) is 12.0 Å². The van der Waals surface area contributed by atoms with Gasteiger partial charge in [-0.1, -0.05) is 48.6 Å². The number of benzene rings is 3. The minimum Gasteiger partial charge on any atom is -0.497 e. The van der Waals surface area contributed by atoms with Crippen LogP contribution in [0.25, 0.3) is 6.08 Å². The van der Waals surface area contributed by atoms with E-state index >= 15 is 0 Å². The van der Waals surface area contributed by atoms with Crippen LogP contribution in [-0.4, -0.2) is 36.5 Å². The molecular weight excluding hydrogens is 497 g/mol. The fourth-order valence-electron chi connectivity index (χ4n) is 6.67. The lowest BCUT2D eigenvalue weighted by atomic mass is 9.65. The molecule has 1 fully saturated rings. The van der Waals surface area contributed by atoms with Crippen LogP contribution in [0, 0.1) is 11.2 Å². The molecule has 0 bridgehead atoms. The number of hydrogen-bond acceptors (Lipinski definition) is 6. The zero-order chi connectivity index (χ0) is 26.9. The van der Waals surface area contributed by atoms with Gasteiger partial charge in [-0.15, -0.1) is 0 Å². The van der Waals surface area contributed by atoms with Gasteiger partial charge >= 0.3 is 0 Å². The molecule has 0 saturated carbocycles. The summed E-state index contributed by atoms with van der Waals surface area (Å²) in [6.45, 7) is 0. The number of ketones is 3. The Balaban J connectivity index is 1.53. The molecule has 3 aromatic carbocycles. The maximum absolute atomic E-state index is 14.5. The van der Waals surface area contributed by atoms with Gasteiger partial charge < -0.3 is 14.1 Å². The number of methoxy groups -OCH3 is 1. The Morgan fingerprint density at radius 3 is 2.41 bits per heavy atom. The number of nitrogens with zero attached hydrogens (tertiary/aromatic N) is 1. The maximum atomic E-state index is 14.5. The second-order valence-corrected chi connectivity index (χ2v) is 10.0. The number of carbonyl (C=O) groups excluding carboxylic acids is 3. The predicted molar refractivity (Wildman–Crippen MR) is 142 cm³/mol. The Labute approximate surface area is 223 Å². The van der Waals surface area contributed by atoms with Crippen molar-refractivity contribution in [2.24, 2.45) is 5.41 Å². The van der Waals surface area contributed by atoms with Crippen molar-refractivity contribution in [3.63, 3.8) is 0 Å². The topological polar surface area (TPSA) is 76.8 Å². The summed E-state index contributed by atoms with van der Waals surface area (Å²) < 4.78 is 25.5. The van der Waals surface area contributed by atoms with Crippen LogP contribution in [0.3, 0.4) is 0 Å². The van der Waals surface area contributed by atoms with Crippen LogP contribution < -0.4 is 9.64 Å². The van der Waals surface area contributed by atoms with E-state index in [-0.39, 0.29) is 17.3 Å². The molecule has 3 aliphatic rings. The molecular formula is C32H22FNO5. The Bertz CT molecular complexity index is 1670. The molecule has 0 unspecified atom stereocenters. The number of hydrogen-bond donors (Lipinski definition) is 0. The van der Waals surface area contributed by atoms with Gasteiger partial charge in [-0.05, 0) is 42.5 Å². The van der Waals surface area contributed by atoms with Crippen LogP contribution in [0.2, 0.25) is 0 Å². The predicted octanol–water partition coefficient (Wildman–Crippen LogP) is 5.74. The van der Waals surface area contributed by atoms with Crippen molar-refractivity contribution in [2.45, 2.75) is 18.0 Å². The summed E-state index contributed by atoms with van der Waals surface area (Å²) in [4.78, 5) is 45.2. The maximum Gasteiger partial charge on any atom is 0.186 e. The summed E-state index contributed by atoms with van der Waals surface area (Å²) in [6, 6.07) is 19.4. The summed E-state index contributed by atoms with van der Waals surface area (Å²) in [6.07, 6.45) is 4.95. The number of carbonyl (C=O) groups is 3. The van der Waals surface area contributed by atoms with Crippen LogP contribution in [0.4, 0.5) is 10.1 Å². The van der Waals surface area contributed by atoms with Crippen molar-refractivity contribution in [1.82, 2.24) is 0 Å². The second-order valence-electron chi connectivity index (χ2n) is 10.0. The number of furan rings is 1. The monoisotopic (exact) mass is 519 g/mol. The Kier molecular flexibility index (Phi) is 5.01. The summed E-state index contributed by atoms with van der Waals surface area (Å²) in [5.41, 5.74) is 0.470. The number of anilines is 1. The molecule has 1 spiro atoms. The fourth-order valence-corrected chi connectivity index (χ4v) is 6.67. The van der Waals surface area contributed by atoms with E-state index in [0.29, 0.717) is 39.5 Å². The number of rotatable bonds is 4. The molecule has 2 aliphatic heterocycles. The first-order valence-electron chi connectivity index (χ1n) is 12.6. The number of ether oxygens (including phenoxy) is 1. The van der Waals surface area contributed by atoms with Gasteiger partial charge in [-0.2, -0.15) is 0 Å². The summed E-state index contributed by atoms with van der Waals surface area (Å²) in [5, 5.41) is 0. The largest absolute Gasteiger partial charge is 0.497 e. The molecule has 3 heterocycles. The highest BCUT2D eigenvalue weighted by Gasteiger charge is 2.72. The summed E-state index contributed by atoms with van der Waals surface area (Å²) >= 11 is 0. The standard InChI is InChI=1S/C32H22FNO5/c1-38-21-7-4-6-19(17-21)29(35)28-27(25-10-5-15-39-25)32(30(36)22-8-2-3-9-23(22)31(32)37)26-14-11-18-16-20(33)12-13-24(18)34(26)28/h2-17,26-28H,1H3/t26-,27-,28+/m0/s1. The summed E-state index contributed by atoms with van der Waals surface area (Å²) in [5.74, 6) is -1.53. The normalized spacial score (nSPS) is 22.1. The third-order valence-corrected chi connectivity index (χ3v) is 8.24. The van der Waals surface area contributed by atoms with Gasteiger partial charge in [-0.3, -0.25) is 14.4 Å². The zero-order valence-electron chi connectivity index (χ0n) is 20.8. The average Bonchev–Trinajstić information content (AvgIpc) is 3.65. The molecule has 7 heteroatoms. The van der Waals surface area contributed by atoms with Crippen molar-refractivity contribution < 1.29 is 27.9 Å². The molecule has 39 heavy (non-hydrogen) atoms. The molecule has 7 rings (SSSR count). The van der Waals surface area contributed by atoms with Crippen LogP contribution in [0.5, 0.6) is 5.75 Å². The Morgan fingerprint density at radius 2 is 1.72 bits per heavy atom. The lowest BCUT2D eigenvalue weighted by Crippen LogP contribution is -2.48. The van der Waals surface area contributed by atoms with Gasteiger partial charge in [0.1, 0.15) is 28.8 Å². The first kappa shape index (κ1) is 23.3. The molecule has 192 valence electrons. The van der Waals surface area contributed by atoms with E-state index in [1.807, 2.05) is 4.90 Å². The highest BCUT2D eigenvalue weighted by molar-refractivity contribution is 6.32. The molecule has 1 aliphatic carbocycles. The second kappa shape index (κ2) is 8.36.